The molecular formula is C61H88N6O14. The summed E-state index contributed by atoms with van der Waals surface area (Å²) in [6.07, 6.45) is -1.67. The molecule has 20 heteroatoms. The molecule has 2 saturated carbocycles. The molecule has 8 atom stereocenters. The number of esters is 4. The number of likely N-dealkylation sites (N-methyl/N-ethyl adjacent to an activating group) is 4. The smallest absolute Gasteiger partial charge is 0.329 e. The van der Waals surface area contributed by atoms with Gasteiger partial charge in [0.2, 0.25) is 0 Å². The third-order valence-corrected chi connectivity index (χ3v) is 16.4. The van der Waals surface area contributed by atoms with Crippen molar-refractivity contribution < 1.29 is 66.8 Å². The molecule has 0 unspecified atom stereocenters. The van der Waals surface area contributed by atoms with Crippen LogP contribution in [-0.2, 0) is 79.6 Å². The largest absolute Gasteiger partial charge is 0.451 e. The lowest BCUT2D eigenvalue weighted by Crippen LogP contribution is -2.54. The van der Waals surface area contributed by atoms with E-state index in [0.717, 1.165) is 37.1 Å². The number of morpholine rings is 2. The lowest BCUT2D eigenvalue weighted by atomic mass is 10.0. The Morgan fingerprint density at radius 1 is 0.444 bits per heavy atom. The van der Waals surface area contributed by atoms with E-state index in [4.69, 9.17) is 28.4 Å². The quantitative estimate of drug-likeness (QED) is 0.165. The number of cyclic esters (lactones) is 4. The number of hydrogen-bond acceptors (Lipinski definition) is 16. The predicted molar refractivity (Wildman–Crippen MR) is 302 cm³/mol. The summed E-state index contributed by atoms with van der Waals surface area (Å²) in [5, 5.41) is 0. The van der Waals surface area contributed by atoms with Crippen LogP contribution in [0.4, 0.5) is 11.4 Å². The van der Waals surface area contributed by atoms with E-state index >= 15 is 9.59 Å². The van der Waals surface area contributed by atoms with E-state index in [0.29, 0.717) is 70.2 Å². The van der Waals surface area contributed by atoms with Gasteiger partial charge in [0, 0.05) is 78.6 Å². The van der Waals surface area contributed by atoms with Gasteiger partial charge in [0.05, 0.1) is 26.4 Å². The van der Waals surface area contributed by atoms with Crippen LogP contribution in [-0.4, -0.2) is 196 Å². The SMILES string of the molecule is CC(C)CC[C@H]1C(=O)O[C@H](C)C(=O)N(C)[C@@H](CC2CC2)C(=O)O[C@H](Cc2ccc(N3CCOCC3)cc2)C(=O)N(C)[C@@H](CC(C)C)C(=O)O[C@H](C)C(=O)N(C)[C@@H](CC2CC2)C(=O)O[C@H](Cc2ccc(N3CCOCC3)cc2)C(=O)N1C. The van der Waals surface area contributed by atoms with Crippen LogP contribution >= 0.6 is 0 Å². The number of ether oxygens (including phenoxy) is 6. The second-order valence-electron chi connectivity index (χ2n) is 23.8. The Morgan fingerprint density at radius 3 is 1.15 bits per heavy atom. The molecule has 20 nitrogen and oxygen atoms in total. The third-order valence-electron chi connectivity index (χ3n) is 16.4. The van der Waals surface area contributed by atoms with Crippen molar-refractivity contribution in [2.24, 2.45) is 23.7 Å². The van der Waals surface area contributed by atoms with Crippen LogP contribution in [0, 0.1) is 23.7 Å². The number of benzene rings is 2. The number of rotatable bonds is 15. The lowest BCUT2D eigenvalue weighted by molar-refractivity contribution is -0.176. The van der Waals surface area contributed by atoms with Crippen molar-refractivity contribution in [2.45, 2.75) is 161 Å². The highest BCUT2D eigenvalue weighted by atomic mass is 16.6. The van der Waals surface area contributed by atoms with Gasteiger partial charge >= 0.3 is 23.9 Å². The van der Waals surface area contributed by atoms with Crippen LogP contribution < -0.4 is 9.80 Å². The molecule has 5 fully saturated rings. The molecule has 0 aromatic heterocycles. The molecule has 5 aliphatic rings. The minimum Gasteiger partial charge on any atom is -0.451 e. The van der Waals surface area contributed by atoms with Crippen LogP contribution in [0.2, 0.25) is 0 Å². The minimum atomic E-state index is -1.49. The highest BCUT2D eigenvalue weighted by Gasteiger charge is 2.44. The molecule has 0 N–H and O–H groups in total. The zero-order valence-electron chi connectivity index (χ0n) is 49.4. The Bertz CT molecular complexity index is 2480. The fourth-order valence-corrected chi connectivity index (χ4v) is 10.8. The van der Waals surface area contributed by atoms with Gasteiger partial charge < -0.3 is 57.8 Å². The van der Waals surface area contributed by atoms with Crippen LogP contribution in [0.25, 0.3) is 0 Å². The van der Waals surface area contributed by atoms with Gasteiger partial charge in [0.15, 0.2) is 24.4 Å². The number of carbonyl (C=O) groups is 8. The van der Waals surface area contributed by atoms with E-state index in [1.165, 1.54) is 61.6 Å². The molecule has 446 valence electrons. The maximum Gasteiger partial charge on any atom is 0.329 e. The van der Waals surface area contributed by atoms with Crippen molar-refractivity contribution in [3.8, 4) is 0 Å². The van der Waals surface area contributed by atoms with Crippen LogP contribution in [0.1, 0.15) is 110 Å². The molecule has 4 amide bonds. The van der Waals surface area contributed by atoms with Gasteiger partial charge in [0.1, 0.15) is 24.2 Å². The number of hydrogen-bond donors (Lipinski definition) is 0. The Kier molecular flexibility index (Phi) is 22.0. The van der Waals surface area contributed by atoms with Crippen molar-refractivity contribution in [3.63, 3.8) is 0 Å². The van der Waals surface area contributed by atoms with Crippen LogP contribution in [0.3, 0.4) is 0 Å². The van der Waals surface area contributed by atoms with E-state index in [1.54, 1.807) is 0 Å². The van der Waals surface area contributed by atoms with Gasteiger partial charge in [-0.1, -0.05) is 77.6 Å². The van der Waals surface area contributed by atoms with Crippen molar-refractivity contribution in [1.29, 1.82) is 0 Å². The monoisotopic (exact) mass is 1130 g/mol. The van der Waals surface area contributed by atoms with Crippen molar-refractivity contribution in [3.05, 3.63) is 59.7 Å². The van der Waals surface area contributed by atoms with E-state index in [2.05, 4.69) is 9.80 Å². The summed E-state index contributed by atoms with van der Waals surface area (Å²) in [7, 11) is 5.73. The molecule has 2 aromatic rings. The molecule has 3 heterocycles. The molecule has 0 spiro atoms. The maximum atomic E-state index is 15.1. The average Bonchev–Trinajstić information content (AvgIpc) is 4.43. The summed E-state index contributed by atoms with van der Waals surface area (Å²) in [6.45, 7) is 15.7. The highest BCUT2D eigenvalue weighted by Crippen LogP contribution is 2.37. The van der Waals surface area contributed by atoms with Crippen molar-refractivity contribution >= 4 is 58.9 Å². The maximum absolute atomic E-state index is 15.1. The topological polar surface area (TPSA) is 211 Å². The summed E-state index contributed by atoms with van der Waals surface area (Å²) in [5.74, 6) is -6.23. The Morgan fingerprint density at radius 2 is 0.790 bits per heavy atom. The van der Waals surface area contributed by atoms with E-state index in [-0.39, 0.29) is 62.2 Å². The molecular weight excluding hydrogens is 1040 g/mol. The molecule has 2 aliphatic carbocycles. The second-order valence-corrected chi connectivity index (χ2v) is 23.8. The fourth-order valence-electron chi connectivity index (χ4n) is 10.8. The van der Waals surface area contributed by atoms with Gasteiger partial charge in [-0.25, -0.2) is 19.2 Å². The fraction of sp³-hybridized carbons (Fsp3) is 0.672. The predicted octanol–water partition coefficient (Wildman–Crippen LogP) is 5.24. The second kappa shape index (κ2) is 28.6. The Balaban J connectivity index is 1.25. The normalized spacial score (nSPS) is 27.1. The Hall–Kier alpha value is -6.28. The minimum absolute atomic E-state index is 0.0785. The molecule has 2 aromatic carbocycles. The van der Waals surface area contributed by atoms with E-state index in [1.807, 2.05) is 76.2 Å². The first-order chi connectivity index (χ1) is 38.6. The summed E-state index contributed by atoms with van der Waals surface area (Å²) >= 11 is 0. The van der Waals surface area contributed by atoms with Gasteiger partial charge in [-0.05, 0) is 105 Å². The summed E-state index contributed by atoms with van der Waals surface area (Å²) in [6, 6.07) is 10.2. The first kappa shape index (κ1) is 62.3. The van der Waals surface area contributed by atoms with Gasteiger partial charge in [-0.2, -0.15) is 0 Å². The number of amides is 4. The average molecular weight is 1130 g/mol. The van der Waals surface area contributed by atoms with Crippen molar-refractivity contribution in [1.82, 2.24) is 19.6 Å². The molecule has 3 aliphatic heterocycles. The molecule has 81 heavy (non-hydrogen) atoms. The standard InChI is InChI=1S/C61H88N6O14/c1-38(2)11-24-48-58(72)78-40(5)54(68)63(8)51(35-43-14-15-43)61(75)81-53(37-45-18-22-47(23-19-45)67-27-31-77-32-28-67)57(71)65(10)49(33-39(3)4)59(73)79-41(6)55(69)64(9)50(34-42-12-13-42)60(74)80-52(56(70)62(48)7)36-44-16-20-46(21-17-44)66-25-29-76-30-26-66/h16-23,38-43,48-53H,11-15,24-37H2,1-10H3/t40-,41-,48+,49+,50+,51+,52-,53-/m1/s1. The number of carbonyl (C=O) groups excluding carboxylic acids is 8. The highest BCUT2D eigenvalue weighted by molar-refractivity contribution is 5.94. The van der Waals surface area contributed by atoms with Gasteiger partial charge in [-0.15, -0.1) is 0 Å². The summed E-state index contributed by atoms with van der Waals surface area (Å²) in [5.41, 5.74) is 3.23. The van der Waals surface area contributed by atoms with Crippen LogP contribution in [0.5, 0.6) is 0 Å². The zero-order valence-corrected chi connectivity index (χ0v) is 49.4. The van der Waals surface area contributed by atoms with E-state index in [9.17, 15) is 28.8 Å². The summed E-state index contributed by atoms with van der Waals surface area (Å²) < 4.78 is 35.5. The zero-order chi connectivity index (χ0) is 58.7. The molecule has 3 saturated heterocycles. The molecule has 7 rings (SSSR count). The van der Waals surface area contributed by atoms with Gasteiger partial charge in [0.25, 0.3) is 23.6 Å². The molecule has 0 bridgehead atoms. The first-order valence-corrected chi connectivity index (χ1v) is 29.3. The Labute approximate surface area is 478 Å². The van der Waals surface area contributed by atoms with Crippen molar-refractivity contribution in [2.75, 3.05) is 90.6 Å². The third kappa shape index (κ3) is 17.1. The number of nitrogens with zero attached hydrogens (tertiary/aromatic N) is 6. The summed E-state index contributed by atoms with van der Waals surface area (Å²) in [4.78, 5) is 127. The van der Waals surface area contributed by atoms with Gasteiger partial charge in [-0.3, -0.25) is 19.2 Å². The number of anilines is 2. The molecule has 0 radical (unpaired) electrons. The van der Waals surface area contributed by atoms with E-state index < -0.39 is 96.1 Å². The first-order valence-electron chi connectivity index (χ1n) is 29.3. The van der Waals surface area contributed by atoms with Crippen LogP contribution in [0.15, 0.2) is 48.5 Å². The lowest BCUT2D eigenvalue weighted by Gasteiger charge is -2.35.